The lowest BCUT2D eigenvalue weighted by Crippen LogP contribution is -2.20. The third kappa shape index (κ3) is 1.93. The van der Waals surface area contributed by atoms with Gasteiger partial charge in [-0.1, -0.05) is 6.42 Å². The van der Waals surface area contributed by atoms with Gasteiger partial charge in [-0.05, 0) is 31.7 Å². The maximum absolute atomic E-state index is 10.6. The van der Waals surface area contributed by atoms with Crippen LogP contribution in [-0.2, 0) is 4.79 Å². The van der Waals surface area contributed by atoms with E-state index in [1.807, 2.05) is 0 Å². The summed E-state index contributed by atoms with van der Waals surface area (Å²) in [7, 11) is 0. The van der Waals surface area contributed by atoms with Crippen molar-refractivity contribution in [3.63, 3.8) is 0 Å². The van der Waals surface area contributed by atoms with Crippen LogP contribution in [0.5, 0.6) is 0 Å². The van der Waals surface area contributed by atoms with Gasteiger partial charge in [0, 0.05) is 0 Å². The lowest BCUT2D eigenvalue weighted by molar-refractivity contribution is -0.142. The quantitative estimate of drug-likeness (QED) is 0.638. The Morgan fingerprint density at radius 2 is 2.27 bits per heavy atom. The predicted molar refractivity (Wildman–Crippen MR) is 42.1 cm³/mol. The second kappa shape index (κ2) is 3.72. The molecule has 2 unspecified atom stereocenters. The molecule has 0 aromatic heterocycles. The molecular formula is C8H15NO2. The molecule has 1 rings (SSSR count). The Hall–Kier alpha value is -0.570. The van der Waals surface area contributed by atoms with Crippen molar-refractivity contribution >= 4 is 5.97 Å². The van der Waals surface area contributed by atoms with Gasteiger partial charge in [0.25, 0.3) is 0 Å². The molecule has 1 aliphatic rings. The van der Waals surface area contributed by atoms with Crippen LogP contribution in [0.15, 0.2) is 0 Å². The largest absolute Gasteiger partial charge is 0.481 e. The van der Waals surface area contributed by atoms with Crippen LogP contribution >= 0.6 is 0 Å². The summed E-state index contributed by atoms with van der Waals surface area (Å²) in [4.78, 5) is 10.6. The fourth-order valence-corrected chi connectivity index (χ4v) is 1.92. The second-order valence-electron chi connectivity index (χ2n) is 3.21. The van der Waals surface area contributed by atoms with E-state index >= 15 is 0 Å². The Morgan fingerprint density at radius 1 is 1.55 bits per heavy atom. The molecule has 0 heterocycles. The Kier molecular flexibility index (Phi) is 2.88. The zero-order valence-corrected chi connectivity index (χ0v) is 6.62. The van der Waals surface area contributed by atoms with Gasteiger partial charge in [-0.15, -0.1) is 0 Å². The summed E-state index contributed by atoms with van der Waals surface area (Å²) in [6, 6.07) is 0. The number of aliphatic carboxylic acids is 1. The molecule has 1 saturated carbocycles. The summed E-state index contributed by atoms with van der Waals surface area (Å²) in [5.41, 5.74) is 5.38. The highest BCUT2D eigenvalue weighted by molar-refractivity contribution is 5.70. The first-order valence-electron chi connectivity index (χ1n) is 4.18. The van der Waals surface area contributed by atoms with Crippen molar-refractivity contribution in [1.29, 1.82) is 0 Å². The fourth-order valence-electron chi connectivity index (χ4n) is 1.92. The average Bonchev–Trinajstić information content (AvgIpc) is 2.36. The summed E-state index contributed by atoms with van der Waals surface area (Å²) < 4.78 is 0. The zero-order valence-electron chi connectivity index (χ0n) is 6.62. The molecule has 3 N–H and O–H groups in total. The number of carboxylic acids is 1. The first kappa shape index (κ1) is 8.53. The SMILES string of the molecule is NCCC1CCCC1C(=O)O. The molecule has 0 aromatic carbocycles. The molecule has 11 heavy (non-hydrogen) atoms. The third-order valence-corrected chi connectivity index (χ3v) is 2.51. The Labute approximate surface area is 66.6 Å². The molecule has 2 atom stereocenters. The molecule has 0 saturated heterocycles. The van der Waals surface area contributed by atoms with Gasteiger partial charge in [0.15, 0.2) is 0 Å². The summed E-state index contributed by atoms with van der Waals surface area (Å²) in [6.07, 6.45) is 3.83. The highest BCUT2D eigenvalue weighted by Gasteiger charge is 2.31. The van der Waals surface area contributed by atoms with Crippen molar-refractivity contribution in [2.75, 3.05) is 6.54 Å². The second-order valence-corrected chi connectivity index (χ2v) is 3.21. The molecule has 0 bridgehead atoms. The van der Waals surface area contributed by atoms with Crippen molar-refractivity contribution in [2.45, 2.75) is 25.7 Å². The van der Waals surface area contributed by atoms with Crippen LogP contribution in [0.3, 0.4) is 0 Å². The Balaban J connectivity index is 2.44. The minimum absolute atomic E-state index is 0.112. The minimum atomic E-state index is -0.638. The normalized spacial score (nSPS) is 30.6. The van der Waals surface area contributed by atoms with E-state index in [0.29, 0.717) is 12.5 Å². The first-order valence-corrected chi connectivity index (χ1v) is 4.18. The van der Waals surface area contributed by atoms with Crippen molar-refractivity contribution < 1.29 is 9.90 Å². The van der Waals surface area contributed by atoms with Gasteiger partial charge in [0.2, 0.25) is 0 Å². The van der Waals surface area contributed by atoms with Gasteiger partial charge in [-0.25, -0.2) is 0 Å². The summed E-state index contributed by atoms with van der Waals surface area (Å²) in [6.45, 7) is 0.619. The van der Waals surface area contributed by atoms with E-state index in [0.717, 1.165) is 25.7 Å². The molecule has 0 aromatic rings. The molecular weight excluding hydrogens is 142 g/mol. The number of rotatable bonds is 3. The molecule has 0 radical (unpaired) electrons. The standard InChI is InChI=1S/C8H15NO2/c9-5-4-6-2-1-3-7(6)8(10)11/h6-7H,1-5,9H2,(H,10,11). The van der Waals surface area contributed by atoms with E-state index in [2.05, 4.69) is 0 Å². The molecule has 3 heteroatoms. The monoisotopic (exact) mass is 157 g/mol. The van der Waals surface area contributed by atoms with E-state index in [4.69, 9.17) is 10.8 Å². The van der Waals surface area contributed by atoms with Crippen LogP contribution in [-0.4, -0.2) is 17.6 Å². The van der Waals surface area contributed by atoms with E-state index in [1.54, 1.807) is 0 Å². The highest BCUT2D eigenvalue weighted by atomic mass is 16.4. The molecule has 0 spiro atoms. The molecule has 0 amide bonds. The van der Waals surface area contributed by atoms with E-state index < -0.39 is 5.97 Å². The Bertz CT molecular complexity index is 147. The molecule has 0 aliphatic heterocycles. The minimum Gasteiger partial charge on any atom is -0.481 e. The van der Waals surface area contributed by atoms with Crippen molar-refractivity contribution in [3.8, 4) is 0 Å². The summed E-state index contributed by atoms with van der Waals surface area (Å²) in [5.74, 6) is -0.406. The van der Waals surface area contributed by atoms with E-state index in [9.17, 15) is 4.79 Å². The van der Waals surface area contributed by atoms with Crippen molar-refractivity contribution in [1.82, 2.24) is 0 Å². The first-order chi connectivity index (χ1) is 5.25. The van der Waals surface area contributed by atoms with Crippen LogP contribution in [0.1, 0.15) is 25.7 Å². The molecule has 1 fully saturated rings. The lowest BCUT2D eigenvalue weighted by Gasteiger charge is -2.13. The van der Waals surface area contributed by atoms with Gasteiger partial charge < -0.3 is 10.8 Å². The summed E-state index contributed by atoms with van der Waals surface area (Å²) >= 11 is 0. The number of nitrogens with two attached hydrogens (primary N) is 1. The van der Waals surface area contributed by atoms with Crippen molar-refractivity contribution in [2.24, 2.45) is 17.6 Å². The van der Waals surface area contributed by atoms with E-state index in [-0.39, 0.29) is 5.92 Å². The topological polar surface area (TPSA) is 63.3 Å². The maximum atomic E-state index is 10.6. The van der Waals surface area contributed by atoms with Crippen LogP contribution in [0.2, 0.25) is 0 Å². The van der Waals surface area contributed by atoms with Crippen LogP contribution in [0.25, 0.3) is 0 Å². The van der Waals surface area contributed by atoms with Crippen LogP contribution < -0.4 is 5.73 Å². The van der Waals surface area contributed by atoms with Crippen LogP contribution in [0, 0.1) is 11.8 Å². The van der Waals surface area contributed by atoms with Gasteiger partial charge >= 0.3 is 5.97 Å². The van der Waals surface area contributed by atoms with Crippen molar-refractivity contribution in [3.05, 3.63) is 0 Å². The number of carboxylic acid groups (broad SMARTS) is 1. The summed E-state index contributed by atoms with van der Waals surface area (Å²) in [5, 5.41) is 8.77. The lowest BCUT2D eigenvalue weighted by atomic mass is 9.93. The number of hydrogen-bond donors (Lipinski definition) is 2. The van der Waals surface area contributed by atoms with Gasteiger partial charge in [0.1, 0.15) is 0 Å². The third-order valence-electron chi connectivity index (χ3n) is 2.51. The average molecular weight is 157 g/mol. The number of carbonyl (C=O) groups is 1. The molecule has 64 valence electrons. The number of hydrogen-bond acceptors (Lipinski definition) is 2. The molecule has 3 nitrogen and oxygen atoms in total. The zero-order chi connectivity index (χ0) is 8.27. The van der Waals surface area contributed by atoms with Gasteiger partial charge in [-0.2, -0.15) is 0 Å². The smallest absolute Gasteiger partial charge is 0.306 e. The van der Waals surface area contributed by atoms with Gasteiger partial charge in [0.05, 0.1) is 5.92 Å². The fraction of sp³-hybridized carbons (Fsp3) is 0.875. The van der Waals surface area contributed by atoms with E-state index in [1.165, 1.54) is 0 Å². The highest BCUT2D eigenvalue weighted by Crippen LogP contribution is 2.33. The molecule has 1 aliphatic carbocycles. The van der Waals surface area contributed by atoms with Crippen LogP contribution in [0.4, 0.5) is 0 Å². The predicted octanol–water partition coefficient (Wildman–Crippen LogP) is 0.836. The van der Waals surface area contributed by atoms with Gasteiger partial charge in [-0.3, -0.25) is 4.79 Å². The maximum Gasteiger partial charge on any atom is 0.306 e. The Morgan fingerprint density at radius 3 is 2.82 bits per heavy atom.